The fourth-order valence-corrected chi connectivity index (χ4v) is 1.98. The molecule has 19 heavy (non-hydrogen) atoms. The summed E-state index contributed by atoms with van der Waals surface area (Å²) in [6.45, 7) is 2.04. The first-order chi connectivity index (χ1) is 9.11. The molecule has 0 fully saturated rings. The number of nitro benzene ring substituents is 1. The van der Waals surface area contributed by atoms with E-state index in [2.05, 4.69) is 10.1 Å². The van der Waals surface area contributed by atoms with E-state index in [-0.39, 0.29) is 17.3 Å². The minimum absolute atomic E-state index is 0.0671. The number of nitrogens with two attached hydrogens (primary N) is 1. The summed E-state index contributed by atoms with van der Waals surface area (Å²) in [4.78, 5) is 14.3. The number of nitro groups is 1. The number of non-ortho nitro benzene ring substituents is 1. The number of hydrogen-bond acceptors (Lipinski definition) is 7. The van der Waals surface area contributed by atoms with Crippen LogP contribution in [0.2, 0.25) is 0 Å². The topological polar surface area (TPSA) is 108 Å². The van der Waals surface area contributed by atoms with Gasteiger partial charge in [0.1, 0.15) is 0 Å². The molecule has 0 unspecified atom stereocenters. The highest BCUT2D eigenvalue weighted by Gasteiger charge is 2.15. The second-order valence-electron chi connectivity index (χ2n) is 3.68. The Labute approximate surface area is 113 Å². The van der Waals surface area contributed by atoms with E-state index in [4.69, 9.17) is 10.3 Å². The molecule has 0 amide bonds. The average molecular weight is 280 g/mol. The van der Waals surface area contributed by atoms with Crippen LogP contribution in [0, 0.1) is 10.1 Å². The number of nitrogen functional groups attached to an aromatic ring is 1. The fourth-order valence-electron chi connectivity index (χ4n) is 1.47. The molecular formula is C11H12N4O3S. The molecule has 2 rings (SSSR count). The van der Waals surface area contributed by atoms with Gasteiger partial charge in [0.2, 0.25) is 0 Å². The third kappa shape index (κ3) is 3.02. The van der Waals surface area contributed by atoms with Crippen LogP contribution in [0.5, 0.6) is 0 Å². The molecule has 0 spiro atoms. The van der Waals surface area contributed by atoms with Crippen LogP contribution in [0.1, 0.15) is 12.7 Å². The van der Waals surface area contributed by atoms with E-state index in [0.29, 0.717) is 17.1 Å². The van der Waals surface area contributed by atoms with Gasteiger partial charge in [-0.05, 0) is 11.8 Å². The predicted octanol–water partition coefficient (Wildman–Crippen LogP) is 2.48. The van der Waals surface area contributed by atoms with Crippen molar-refractivity contribution in [3.8, 4) is 11.5 Å². The zero-order chi connectivity index (χ0) is 13.8. The van der Waals surface area contributed by atoms with Crippen molar-refractivity contribution in [3.63, 3.8) is 0 Å². The summed E-state index contributed by atoms with van der Waals surface area (Å²) in [5.74, 6) is 2.48. The van der Waals surface area contributed by atoms with Gasteiger partial charge in [-0.1, -0.05) is 12.1 Å². The van der Waals surface area contributed by atoms with Crippen molar-refractivity contribution in [3.05, 3.63) is 34.1 Å². The maximum atomic E-state index is 10.6. The van der Waals surface area contributed by atoms with Crippen LogP contribution in [0.4, 0.5) is 11.4 Å². The first-order valence-corrected chi connectivity index (χ1v) is 6.72. The van der Waals surface area contributed by atoms with Gasteiger partial charge in [-0.3, -0.25) is 10.1 Å². The van der Waals surface area contributed by atoms with Gasteiger partial charge in [0.25, 0.3) is 11.6 Å². The van der Waals surface area contributed by atoms with Gasteiger partial charge in [0.05, 0.1) is 21.9 Å². The number of rotatable bonds is 5. The predicted molar refractivity (Wildman–Crippen MR) is 72.6 cm³/mol. The van der Waals surface area contributed by atoms with Crippen molar-refractivity contribution < 1.29 is 9.45 Å². The van der Waals surface area contributed by atoms with E-state index in [9.17, 15) is 10.1 Å². The lowest BCUT2D eigenvalue weighted by molar-refractivity contribution is -0.384. The second-order valence-corrected chi connectivity index (χ2v) is 4.96. The van der Waals surface area contributed by atoms with Crippen molar-refractivity contribution in [2.24, 2.45) is 0 Å². The molecule has 0 aliphatic heterocycles. The number of benzene rings is 1. The summed E-state index contributed by atoms with van der Waals surface area (Å²) < 4.78 is 5.10. The first kappa shape index (κ1) is 13.3. The largest absolute Gasteiger partial charge is 0.398 e. The lowest BCUT2D eigenvalue weighted by atomic mass is 10.1. The Morgan fingerprint density at radius 3 is 2.95 bits per heavy atom. The number of anilines is 1. The molecule has 0 atom stereocenters. The molecule has 0 aliphatic carbocycles. The molecule has 0 saturated heterocycles. The Hall–Kier alpha value is -2.09. The number of hydrogen-bond donors (Lipinski definition) is 1. The normalized spacial score (nSPS) is 10.6. The zero-order valence-corrected chi connectivity index (χ0v) is 11.0. The van der Waals surface area contributed by atoms with Crippen LogP contribution in [-0.4, -0.2) is 20.8 Å². The Kier molecular flexibility index (Phi) is 4.00. The molecule has 1 aromatic carbocycles. The SMILES string of the molecule is CCSCc1noc(-c2ccc([N+](=O)[O-])cc2N)n1. The van der Waals surface area contributed by atoms with Crippen LogP contribution in [-0.2, 0) is 5.75 Å². The van der Waals surface area contributed by atoms with E-state index >= 15 is 0 Å². The highest BCUT2D eigenvalue weighted by molar-refractivity contribution is 7.98. The van der Waals surface area contributed by atoms with Crippen LogP contribution in [0.25, 0.3) is 11.5 Å². The summed E-state index contributed by atoms with van der Waals surface area (Å²) in [7, 11) is 0. The van der Waals surface area contributed by atoms with Crippen LogP contribution in [0.15, 0.2) is 22.7 Å². The summed E-state index contributed by atoms with van der Waals surface area (Å²) >= 11 is 1.67. The van der Waals surface area contributed by atoms with Gasteiger partial charge in [-0.25, -0.2) is 0 Å². The molecule has 100 valence electrons. The maximum Gasteiger partial charge on any atom is 0.271 e. The molecule has 8 heteroatoms. The summed E-state index contributed by atoms with van der Waals surface area (Å²) in [5, 5.41) is 14.5. The van der Waals surface area contributed by atoms with Crippen LogP contribution in [0.3, 0.4) is 0 Å². The Morgan fingerprint density at radius 2 is 2.32 bits per heavy atom. The van der Waals surface area contributed by atoms with Gasteiger partial charge >= 0.3 is 0 Å². The number of aromatic nitrogens is 2. The van der Waals surface area contributed by atoms with E-state index in [1.807, 2.05) is 6.92 Å². The Balaban J connectivity index is 2.26. The smallest absolute Gasteiger partial charge is 0.271 e. The lowest BCUT2D eigenvalue weighted by Crippen LogP contribution is -1.94. The molecule has 2 N–H and O–H groups in total. The highest BCUT2D eigenvalue weighted by Crippen LogP contribution is 2.28. The molecule has 2 aromatic rings. The van der Waals surface area contributed by atoms with Crippen LogP contribution >= 0.6 is 11.8 Å². The quantitative estimate of drug-likeness (QED) is 0.509. The van der Waals surface area contributed by atoms with Crippen molar-refractivity contribution >= 4 is 23.1 Å². The summed E-state index contributed by atoms with van der Waals surface area (Å²) in [6.07, 6.45) is 0. The minimum atomic E-state index is -0.503. The van der Waals surface area contributed by atoms with Gasteiger partial charge in [0.15, 0.2) is 5.82 Å². The summed E-state index contributed by atoms with van der Waals surface area (Å²) in [5.41, 5.74) is 6.44. The van der Waals surface area contributed by atoms with Gasteiger partial charge in [-0.2, -0.15) is 16.7 Å². The lowest BCUT2D eigenvalue weighted by Gasteiger charge is -1.99. The third-order valence-corrected chi connectivity index (χ3v) is 3.25. The average Bonchev–Trinajstić information content (AvgIpc) is 2.84. The third-order valence-electron chi connectivity index (χ3n) is 2.38. The summed E-state index contributed by atoms with van der Waals surface area (Å²) in [6, 6.07) is 4.15. The minimum Gasteiger partial charge on any atom is -0.398 e. The molecule has 1 aromatic heterocycles. The molecule has 0 saturated carbocycles. The molecular weight excluding hydrogens is 268 g/mol. The van der Waals surface area contributed by atoms with E-state index in [1.54, 1.807) is 11.8 Å². The maximum absolute atomic E-state index is 10.6. The van der Waals surface area contributed by atoms with Crippen molar-refractivity contribution in [1.29, 1.82) is 0 Å². The van der Waals surface area contributed by atoms with E-state index in [0.717, 1.165) is 5.75 Å². The van der Waals surface area contributed by atoms with E-state index < -0.39 is 4.92 Å². The van der Waals surface area contributed by atoms with E-state index in [1.165, 1.54) is 18.2 Å². The number of nitrogens with zero attached hydrogens (tertiary/aromatic N) is 3. The Morgan fingerprint density at radius 1 is 1.53 bits per heavy atom. The molecule has 0 bridgehead atoms. The molecule has 1 heterocycles. The second kappa shape index (κ2) is 5.70. The monoisotopic (exact) mass is 280 g/mol. The first-order valence-electron chi connectivity index (χ1n) is 5.56. The zero-order valence-electron chi connectivity index (χ0n) is 10.2. The molecule has 7 nitrogen and oxygen atoms in total. The van der Waals surface area contributed by atoms with Gasteiger partial charge in [0, 0.05) is 12.1 Å². The highest BCUT2D eigenvalue weighted by atomic mass is 32.2. The number of thioether (sulfide) groups is 1. The van der Waals surface area contributed by atoms with Crippen molar-refractivity contribution in [2.45, 2.75) is 12.7 Å². The van der Waals surface area contributed by atoms with Gasteiger partial charge < -0.3 is 10.3 Å². The van der Waals surface area contributed by atoms with Crippen LogP contribution < -0.4 is 5.73 Å². The molecule has 0 radical (unpaired) electrons. The Bertz CT molecular complexity index is 599. The fraction of sp³-hybridized carbons (Fsp3) is 0.273. The molecule has 0 aliphatic rings. The van der Waals surface area contributed by atoms with Gasteiger partial charge in [-0.15, -0.1) is 0 Å². The standard InChI is InChI=1S/C11H12N4O3S/c1-2-19-6-10-13-11(18-14-10)8-4-3-7(15(16)17)5-9(8)12/h3-5H,2,6,12H2,1H3. The van der Waals surface area contributed by atoms with Crippen molar-refractivity contribution in [1.82, 2.24) is 10.1 Å². The van der Waals surface area contributed by atoms with Crippen molar-refractivity contribution in [2.75, 3.05) is 11.5 Å².